The largest absolute Gasteiger partial charge is 0.324 e. The molecule has 0 atom stereocenters. The van der Waals surface area contributed by atoms with Gasteiger partial charge in [-0.25, -0.2) is 0 Å². The van der Waals surface area contributed by atoms with Crippen LogP contribution in [0.4, 0.5) is 0 Å². The van der Waals surface area contributed by atoms with Gasteiger partial charge in [-0.3, -0.25) is 4.90 Å². The van der Waals surface area contributed by atoms with Gasteiger partial charge in [-0.05, 0) is 26.7 Å². The van der Waals surface area contributed by atoms with E-state index in [2.05, 4.69) is 30.5 Å². The van der Waals surface area contributed by atoms with Gasteiger partial charge in [-0.15, -0.1) is 0 Å². The first-order valence-electron chi connectivity index (χ1n) is 6.64. The van der Waals surface area contributed by atoms with Crippen molar-refractivity contribution in [3.05, 3.63) is 0 Å². The molecular weight excluding hydrogens is 216 g/mol. The third kappa shape index (κ3) is 3.38. The van der Waals surface area contributed by atoms with E-state index in [1.165, 1.54) is 50.9 Å². The molecule has 1 aliphatic carbocycles. The van der Waals surface area contributed by atoms with Crippen molar-refractivity contribution in [2.24, 2.45) is 5.73 Å². The molecular formula is C13H26N2S. The van der Waals surface area contributed by atoms with Crippen molar-refractivity contribution < 1.29 is 0 Å². The van der Waals surface area contributed by atoms with E-state index in [9.17, 15) is 0 Å². The van der Waals surface area contributed by atoms with E-state index in [0.717, 1.165) is 6.54 Å². The molecule has 3 heteroatoms. The Hall–Kier alpha value is 0.270. The van der Waals surface area contributed by atoms with Crippen molar-refractivity contribution in [1.29, 1.82) is 0 Å². The maximum absolute atomic E-state index is 6.53. The van der Waals surface area contributed by atoms with E-state index in [0.29, 0.717) is 4.75 Å². The van der Waals surface area contributed by atoms with Crippen molar-refractivity contribution in [3.8, 4) is 0 Å². The summed E-state index contributed by atoms with van der Waals surface area (Å²) >= 11 is 2.10. The molecule has 2 fully saturated rings. The predicted molar refractivity (Wildman–Crippen MR) is 73.0 cm³/mol. The van der Waals surface area contributed by atoms with Crippen LogP contribution in [0.25, 0.3) is 0 Å². The van der Waals surface area contributed by atoms with E-state index >= 15 is 0 Å². The molecule has 2 N–H and O–H groups in total. The van der Waals surface area contributed by atoms with Crippen LogP contribution in [0.5, 0.6) is 0 Å². The van der Waals surface area contributed by atoms with E-state index in [4.69, 9.17) is 5.73 Å². The third-order valence-electron chi connectivity index (χ3n) is 3.89. The summed E-state index contributed by atoms with van der Waals surface area (Å²) in [6, 6.07) is 0. The Kier molecular flexibility index (Phi) is 3.87. The molecule has 0 radical (unpaired) electrons. The second kappa shape index (κ2) is 4.87. The molecule has 0 aromatic heterocycles. The molecule has 2 rings (SSSR count). The Morgan fingerprint density at radius 3 is 2.50 bits per heavy atom. The highest BCUT2D eigenvalue weighted by Gasteiger charge is 2.33. The molecule has 1 heterocycles. The Labute approximate surface area is 104 Å². The number of hydrogen-bond donors (Lipinski definition) is 1. The van der Waals surface area contributed by atoms with Gasteiger partial charge in [0.1, 0.15) is 0 Å². The fourth-order valence-electron chi connectivity index (χ4n) is 3.11. The van der Waals surface area contributed by atoms with Crippen LogP contribution in [0.1, 0.15) is 46.0 Å². The molecule has 1 saturated heterocycles. The lowest BCUT2D eigenvalue weighted by atomic mass is 9.82. The third-order valence-corrected chi connectivity index (χ3v) is 5.19. The van der Waals surface area contributed by atoms with E-state index in [1.54, 1.807) is 0 Å². The summed E-state index contributed by atoms with van der Waals surface area (Å²) in [5.41, 5.74) is 6.65. The van der Waals surface area contributed by atoms with Crippen LogP contribution in [0.15, 0.2) is 0 Å². The molecule has 0 bridgehead atoms. The molecule has 0 aromatic carbocycles. The van der Waals surface area contributed by atoms with Gasteiger partial charge in [-0.1, -0.05) is 19.3 Å². The van der Waals surface area contributed by atoms with Gasteiger partial charge in [-0.2, -0.15) is 11.8 Å². The molecule has 2 aliphatic rings. The van der Waals surface area contributed by atoms with Crippen LogP contribution in [-0.4, -0.2) is 40.6 Å². The topological polar surface area (TPSA) is 29.3 Å². The number of nitrogens with zero attached hydrogens (tertiary/aromatic N) is 1. The van der Waals surface area contributed by atoms with E-state index in [1.807, 2.05) is 0 Å². The maximum atomic E-state index is 6.53. The molecule has 16 heavy (non-hydrogen) atoms. The Morgan fingerprint density at radius 2 is 1.88 bits per heavy atom. The van der Waals surface area contributed by atoms with Crippen LogP contribution in [-0.2, 0) is 0 Å². The van der Waals surface area contributed by atoms with E-state index < -0.39 is 0 Å². The highest BCUT2D eigenvalue weighted by molar-refractivity contribution is 8.00. The summed E-state index contributed by atoms with van der Waals surface area (Å²) in [4.78, 5) is 2.60. The van der Waals surface area contributed by atoms with Crippen LogP contribution in [0, 0.1) is 0 Å². The predicted octanol–water partition coefficient (Wildman–Crippen LogP) is 2.48. The van der Waals surface area contributed by atoms with Crippen molar-refractivity contribution in [3.63, 3.8) is 0 Å². The monoisotopic (exact) mass is 242 g/mol. The lowest BCUT2D eigenvalue weighted by Crippen LogP contribution is -2.55. The molecule has 94 valence electrons. The smallest absolute Gasteiger partial charge is 0.0283 e. The van der Waals surface area contributed by atoms with Crippen molar-refractivity contribution in [1.82, 2.24) is 4.90 Å². The molecule has 0 amide bonds. The second-order valence-corrected chi connectivity index (χ2v) is 8.04. The second-order valence-electron chi connectivity index (χ2n) is 6.24. The van der Waals surface area contributed by atoms with Gasteiger partial charge in [0.25, 0.3) is 0 Å². The van der Waals surface area contributed by atoms with Gasteiger partial charge >= 0.3 is 0 Å². The summed E-state index contributed by atoms with van der Waals surface area (Å²) < 4.78 is 0.420. The average Bonchev–Trinajstić information content (AvgIpc) is 2.16. The fraction of sp³-hybridized carbons (Fsp3) is 1.00. The summed E-state index contributed by atoms with van der Waals surface area (Å²) in [5.74, 6) is 1.27. The zero-order valence-electron chi connectivity index (χ0n) is 10.8. The fourth-order valence-corrected chi connectivity index (χ4v) is 4.28. The summed E-state index contributed by atoms with van der Waals surface area (Å²) in [5, 5.41) is 0. The molecule has 1 saturated carbocycles. The van der Waals surface area contributed by atoms with Gasteiger partial charge in [0.2, 0.25) is 0 Å². The Balaban J connectivity index is 1.88. The minimum atomic E-state index is 0.121. The normalized spacial score (nSPS) is 30.2. The molecule has 0 aromatic rings. The number of hydrogen-bond acceptors (Lipinski definition) is 3. The van der Waals surface area contributed by atoms with Gasteiger partial charge in [0.05, 0.1) is 0 Å². The average molecular weight is 242 g/mol. The van der Waals surface area contributed by atoms with Crippen LogP contribution >= 0.6 is 11.8 Å². The SMILES string of the molecule is CC1(C)CN(CC2(N)CCCCC2)CCS1. The molecule has 0 unspecified atom stereocenters. The van der Waals surface area contributed by atoms with Gasteiger partial charge in [0.15, 0.2) is 0 Å². The number of rotatable bonds is 2. The zero-order valence-corrected chi connectivity index (χ0v) is 11.6. The van der Waals surface area contributed by atoms with Crippen molar-refractivity contribution >= 4 is 11.8 Å². The van der Waals surface area contributed by atoms with Gasteiger partial charge in [0, 0.05) is 35.7 Å². The van der Waals surface area contributed by atoms with Crippen LogP contribution < -0.4 is 5.73 Å². The minimum Gasteiger partial charge on any atom is -0.324 e. The van der Waals surface area contributed by atoms with E-state index in [-0.39, 0.29) is 5.54 Å². The van der Waals surface area contributed by atoms with Crippen LogP contribution in [0.3, 0.4) is 0 Å². The van der Waals surface area contributed by atoms with Gasteiger partial charge < -0.3 is 5.73 Å². The number of thioether (sulfide) groups is 1. The van der Waals surface area contributed by atoms with Crippen molar-refractivity contribution in [2.45, 2.75) is 56.2 Å². The highest BCUT2D eigenvalue weighted by Crippen LogP contribution is 2.32. The van der Waals surface area contributed by atoms with Crippen LogP contribution in [0.2, 0.25) is 0 Å². The molecule has 0 spiro atoms. The minimum absolute atomic E-state index is 0.121. The quantitative estimate of drug-likeness (QED) is 0.806. The first-order valence-corrected chi connectivity index (χ1v) is 7.63. The summed E-state index contributed by atoms with van der Waals surface area (Å²) in [6.45, 7) is 8.27. The van der Waals surface area contributed by atoms with Crippen molar-refractivity contribution in [2.75, 3.05) is 25.4 Å². The summed E-state index contributed by atoms with van der Waals surface area (Å²) in [7, 11) is 0. The number of nitrogens with two attached hydrogens (primary N) is 1. The first kappa shape index (κ1) is 12.7. The Bertz CT molecular complexity index is 234. The summed E-state index contributed by atoms with van der Waals surface area (Å²) in [6.07, 6.45) is 6.53. The Morgan fingerprint density at radius 1 is 1.19 bits per heavy atom. The highest BCUT2D eigenvalue weighted by atomic mass is 32.2. The lowest BCUT2D eigenvalue weighted by Gasteiger charge is -2.43. The zero-order chi connectivity index (χ0) is 11.6. The lowest BCUT2D eigenvalue weighted by molar-refractivity contribution is 0.167. The standard InChI is InChI=1S/C13H26N2S/c1-12(2)10-15(8-9-16-12)11-13(14)6-4-3-5-7-13/h3-11,14H2,1-2H3. The first-order chi connectivity index (χ1) is 7.49. The molecule has 1 aliphatic heterocycles. The molecule has 2 nitrogen and oxygen atoms in total. The maximum Gasteiger partial charge on any atom is 0.0283 e.